The molecule has 0 saturated heterocycles. The van der Waals surface area contributed by atoms with Gasteiger partial charge in [-0.2, -0.15) is 0 Å². The first kappa shape index (κ1) is 13.2. The van der Waals surface area contributed by atoms with Crippen LogP contribution in [0.25, 0.3) is 0 Å². The molecule has 5 nitrogen and oxygen atoms in total. The minimum atomic E-state index is -0.812. The number of hydrogen-bond acceptors (Lipinski definition) is 3. The Hall–Kier alpha value is -1.91. The summed E-state index contributed by atoms with van der Waals surface area (Å²) in [5.74, 6) is -0.903. The number of rotatable bonds is 6. The first-order valence-corrected chi connectivity index (χ1v) is 5.50. The normalized spacial score (nSPS) is 11.8. The third kappa shape index (κ3) is 5.10. The number of nitrogens with zero attached hydrogens (tertiary/aromatic N) is 1. The molecule has 5 heteroatoms. The van der Waals surface area contributed by atoms with E-state index in [1.54, 1.807) is 24.4 Å². The van der Waals surface area contributed by atoms with Crippen LogP contribution >= 0.6 is 0 Å². The van der Waals surface area contributed by atoms with Crippen LogP contribution in [0.3, 0.4) is 0 Å². The van der Waals surface area contributed by atoms with Gasteiger partial charge in [0.25, 0.3) is 5.91 Å². The Morgan fingerprint density at radius 3 is 2.82 bits per heavy atom. The Morgan fingerprint density at radius 1 is 1.47 bits per heavy atom. The van der Waals surface area contributed by atoms with Gasteiger partial charge < -0.3 is 10.4 Å². The molecule has 0 aliphatic carbocycles. The van der Waals surface area contributed by atoms with E-state index in [-0.39, 0.29) is 18.2 Å². The highest BCUT2D eigenvalue weighted by Gasteiger charge is 2.09. The summed E-state index contributed by atoms with van der Waals surface area (Å²) in [6.07, 6.45) is 2.24. The molecule has 1 amide bonds. The van der Waals surface area contributed by atoms with Gasteiger partial charge in [0, 0.05) is 19.2 Å². The van der Waals surface area contributed by atoms with Crippen LogP contribution in [0.1, 0.15) is 30.3 Å². The summed E-state index contributed by atoms with van der Waals surface area (Å²) in [5, 5.41) is 11.2. The molecule has 0 saturated carbocycles. The smallest absolute Gasteiger partial charge is 0.303 e. The average Bonchev–Trinajstić information content (AvgIpc) is 2.34. The molecule has 1 rings (SSSR count). The predicted molar refractivity (Wildman–Crippen MR) is 62.6 cm³/mol. The van der Waals surface area contributed by atoms with Crippen LogP contribution in [-0.2, 0) is 4.79 Å². The number of hydrogen-bond donors (Lipinski definition) is 2. The van der Waals surface area contributed by atoms with Crippen LogP contribution in [0, 0.1) is 5.92 Å². The van der Waals surface area contributed by atoms with Gasteiger partial charge in [-0.25, -0.2) is 0 Å². The lowest BCUT2D eigenvalue weighted by Crippen LogP contribution is -2.29. The Morgan fingerprint density at radius 2 is 2.24 bits per heavy atom. The fourth-order valence-corrected chi connectivity index (χ4v) is 1.33. The number of carbonyl (C=O) groups is 2. The summed E-state index contributed by atoms with van der Waals surface area (Å²) in [4.78, 5) is 25.9. The van der Waals surface area contributed by atoms with Gasteiger partial charge in [-0.3, -0.25) is 14.6 Å². The van der Waals surface area contributed by atoms with Gasteiger partial charge in [-0.1, -0.05) is 13.0 Å². The zero-order valence-electron chi connectivity index (χ0n) is 9.72. The fraction of sp³-hybridized carbons (Fsp3) is 0.417. The molecular formula is C12H16N2O3. The fourth-order valence-electron chi connectivity index (χ4n) is 1.33. The number of carbonyl (C=O) groups excluding carboxylic acids is 1. The van der Waals surface area contributed by atoms with E-state index in [1.807, 2.05) is 6.92 Å². The summed E-state index contributed by atoms with van der Waals surface area (Å²) in [7, 11) is 0. The first-order valence-electron chi connectivity index (χ1n) is 5.50. The van der Waals surface area contributed by atoms with Gasteiger partial charge in [-0.15, -0.1) is 0 Å². The van der Waals surface area contributed by atoms with Crippen molar-refractivity contribution in [2.24, 2.45) is 5.92 Å². The number of nitrogens with one attached hydrogen (secondary N) is 1. The number of carboxylic acids is 1. The second-order valence-electron chi connectivity index (χ2n) is 3.96. The number of amides is 1. The van der Waals surface area contributed by atoms with Crippen molar-refractivity contribution in [2.75, 3.05) is 6.54 Å². The molecule has 0 aliphatic heterocycles. The number of carboxylic acid groups (broad SMARTS) is 1. The van der Waals surface area contributed by atoms with Crippen molar-refractivity contribution in [2.45, 2.75) is 19.8 Å². The number of pyridine rings is 1. The third-order valence-electron chi connectivity index (χ3n) is 2.36. The molecule has 1 aromatic rings. The first-order chi connectivity index (χ1) is 8.09. The second-order valence-corrected chi connectivity index (χ2v) is 3.96. The van der Waals surface area contributed by atoms with Crippen molar-refractivity contribution in [3.8, 4) is 0 Å². The van der Waals surface area contributed by atoms with Crippen molar-refractivity contribution >= 4 is 11.9 Å². The number of aliphatic carboxylic acids is 1. The number of aromatic nitrogens is 1. The molecule has 92 valence electrons. The van der Waals surface area contributed by atoms with Crippen LogP contribution in [0.2, 0.25) is 0 Å². The predicted octanol–water partition coefficient (Wildman–Crippen LogP) is 1.31. The summed E-state index contributed by atoms with van der Waals surface area (Å²) >= 11 is 0. The van der Waals surface area contributed by atoms with E-state index in [9.17, 15) is 9.59 Å². The lowest BCUT2D eigenvalue weighted by molar-refractivity contribution is -0.137. The molecule has 2 N–H and O–H groups in total. The summed E-state index contributed by atoms with van der Waals surface area (Å²) < 4.78 is 0. The maximum Gasteiger partial charge on any atom is 0.303 e. The van der Waals surface area contributed by atoms with E-state index in [0.29, 0.717) is 18.7 Å². The minimum Gasteiger partial charge on any atom is -0.481 e. The summed E-state index contributed by atoms with van der Waals surface area (Å²) in [6.45, 7) is 2.37. The van der Waals surface area contributed by atoms with E-state index in [2.05, 4.69) is 10.3 Å². The molecule has 1 unspecified atom stereocenters. The standard InChI is InChI=1S/C12H16N2O3/c1-9(5-6-11(15)16)8-14-12(17)10-4-2-3-7-13-10/h2-4,7,9H,5-6,8H2,1H3,(H,14,17)(H,15,16). The van der Waals surface area contributed by atoms with E-state index >= 15 is 0 Å². The zero-order chi connectivity index (χ0) is 12.7. The van der Waals surface area contributed by atoms with Gasteiger partial charge in [0.2, 0.25) is 0 Å². The molecule has 0 radical (unpaired) electrons. The van der Waals surface area contributed by atoms with Gasteiger partial charge in [0.15, 0.2) is 0 Å². The van der Waals surface area contributed by atoms with E-state index in [1.165, 1.54) is 0 Å². The van der Waals surface area contributed by atoms with Crippen molar-refractivity contribution < 1.29 is 14.7 Å². The quantitative estimate of drug-likeness (QED) is 0.780. The Bertz CT molecular complexity index is 379. The maximum absolute atomic E-state index is 11.6. The topological polar surface area (TPSA) is 79.3 Å². The highest BCUT2D eigenvalue weighted by Crippen LogP contribution is 2.04. The molecule has 0 aliphatic rings. The van der Waals surface area contributed by atoms with E-state index < -0.39 is 5.97 Å². The SMILES string of the molecule is CC(CCC(=O)O)CNC(=O)c1ccccn1. The van der Waals surface area contributed by atoms with E-state index in [4.69, 9.17) is 5.11 Å². The van der Waals surface area contributed by atoms with Crippen LogP contribution < -0.4 is 5.32 Å². The highest BCUT2D eigenvalue weighted by atomic mass is 16.4. The maximum atomic E-state index is 11.6. The van der Waals surface area contributed by atoms with Crippen molar-refractivity contribution in [3.63, 3.8) is 0 Å². The third-order valence-corrected chi connectivity index (χ3v) is 2.36. The van der Waals surface area contributed by atoms with Gasteiger partial charge in [-0.05, 0) is 24.5 Å². The second kappa shape index (κ2) is 6.62. The minimum absolute atomic E-state index is 0.126. The average molecular weight is 236 g/mol. The molecule has 1 atom stereocenters. The Balaban J connectivity index is 2.31. The molecular weight excluding hydrogens is 220 g/mol. The molecule has 0 fully saturated rings. The van der Waals surface area contributed by atoms with E-state index in [0.717, 1.165) is 0 Å². The molecule has 0 bridgehead atoms. The summed E-state index contributed by atoms with van der Waals surface area (Å²) in [5.41, 5.74) is 0.373. The Labute approximate surface area is 99.9 Å². The lowest BCUT2D eigenvalue weighted by Gasteiger charge is -2.10. The largest absolute Gasteiger partial charge is 0.481 e. The van der Waals surface area contributed by atoms with Crippen molar-refractivity contribution in [1.29, 1.82) is 0 Å². The molecule has 1 heterocycles. The van der Waals surface area contributed by atoms with Gasteiger partial charge >= 0.3 is 5.97 Å². The van der Waals surface area contributed by atoms with Crippen LogP contribution in [0.5, 0.6) is 0 Å². The molecule has 17 heavy (non-hydrogen) atoms. The highest BCUT2D eigenvalue weighted by molar-refractivity contribution is 5.92. The zero-order valence-corrected chi connectivity index (χ0v) is 9.72. The molecule has 1 aromatic heterocycles. The van der Waals surface area contributed by atoms with Crippen molar-refractivity contribution in [3.05, 3.63) is 30.1 Å². The van der Waals surface area contributed by atoms with Gasteiger partial charge in [0.05, 0.1) is 0 Å². The van der Waals surface area contributed by atoms with Crippen LogP contribution in [0.15, 0.2) is 24.4 Å². The van der Waals surface area contributed by atoms with Gasteiger partial charge in [0.1, 0.15) is 5.69 Å². The van der Waals surface area contributed by atoms with Crippen molar-refractivity contribution in [1.82, 2.24) is 10.3 Å². The monoisotopic (exact) mass is 236 g/mol. The Kier molecular flexibility index (Phi) is 5.13. The molecule has 0 aromatic carbocycles. The van der Waals surface area contributed by atoms with Crippen LogP contribution in [-0.4, -0.2) is 28.5 Å². The lowest BCUT2D eigenvalue weighted by atomic mass is 10.1. The molecule has 0 spiro atoms. The van der Waals surface area contributed by atoms with Crippen LogP contribution in [0.4, 0.5) is 0 Å². The summed E-state index contributed by atoms with van der Waals surface area (Å²) in [6, 6.07) is 5.12.